The Morgan fingerprint density at radius 3 is 2.73 bits per heavy atom. The minimum absolute atomic E-state index is 0.164. The summed E-state index contributed by atoms with van der Waals surface area (Å²) in [6.07, 6.45) is 3.32. The van der Waals surface area contributed by atoms with Crippen LogP contribution in [-0.2, 0) is 13.0 Å². The zero-order valence-electron chi connectivity index (χ0n) is 14.7. The summed E-state index contributed by atoms with van der Waals surface area (Å²) in [5.74, 6) is 1.78. The van der Waals surface area contributed by atoms with Gasteiger partial charge < -0.3 is 15.6 Å². The molecule has 0 saturated heterocycles. The Morgan fingerprint density at radius 1 is 1.12 bits per heavy atom. The fraction of sp³-hybridized carbons (Fsp3) is 0.250. The Balaban J connectivity index is 1.54. The van der Waals surface area contributed by atoms with Gasteiger partial charge in [0.25, 0.3) is 5.91 Å². The molecule has 1 aromatic heterocycles. The normalized spacial score (nSPS) is 13.3. The second kappa shape index (κ2) is 6.63. The molecule has 0 fully saturated rings. The van der Waals surface area contributed by atoms with Crippen LogP contribution in [0.3, 0.4) is 0 Å². The smallest absolute Gasteiger partial charge is 0.256 e. The second-order valence-electron chi connectivity index (χ2n) is 6.65. The summed E-state index contributed by atoms with van der Waals surface area (Å²) in [7, 11) is 0. The van der Waals surface area contributed by atoms with Crippen molar-refractivity contribution in [3.8, 4) is 11.4 Å². The quantitative estimate of drug-likeness (QED) is 0.711. The summed E-state index contributed by atoms with van der Waals surface area (Å²) >= 11 is 0. The standard InChI is InChI=1S/C20H21N5O/c1-13-5-8-15(21)12-17(13)20(26)22-16-9-6-14(7-10-16)19-24-23-18-4-2-3-11-25(18)19/h5-10,12H,2-4,11,21H2,1H3,(H,22,26). The molecule has 0 unspecified atom stereocenters. The molecule has 3 N–H and O–H groups in total. The van der Waals surface area contributed by atoms with Gasteiger partial charge in [0.1, 0.15) is 5.82 Å². The number of nitrogens with two attached hydrogens (primary N) is 1. The zero-order chi connectivity index (χ0) is 18.1. The predicted octanol–water partition coefficient (Wildman–Crippen LogP) is 3.42. The number of amides is 1. The first-order valence-electron chi connectivity index (χ1n) is 8.82. The van der Waals surface area contributed by atoms with Gasteiger partial charge in [0.15, 0.2) is 5.82 Å². The molecule has 2 aromatic carbocycles. The van der Waals surface area contributed by atoms with Crippen molar-refractivity contribution in [2.75, 3.05) is 11.1 Å². The average molecular weight is 347 g/mol. The highest BCUT2D eigenvalue weighted by Gasteiger charge is 2.17. The van der Waals surface area contributed by atoms with E-state index < -0.39 is 0 Å². The lowest BCUT2D eigenvalue weighted by Crippen LogP contribution is -2.14. The number of aromatic nitrogens is 3. The highest BCUT2D eigenvalue weighted by Crippen LogP contribution is 2.24. The van der Waals surface area contributed by atoms with Crippen molar-refractivity contribution in [1.29, 1.82) is 0 Å². The summed E-state index contributed by atoms with van der Waals surface area (Å²) in [6, 6.07) is 13.0. The Morgan fingerprint density at radius 2 is 1.92 bits per heavy atom. The number of benzene rings is 2. The van der Waals surface area contributed by atoms with Crippen LogP contribution in [0.4, 0.5) is 11.4 Å². The number of rotatable bonds is 3. The van der Waals surface area contributed by atoms with Crippen molar-refractivity contribution >= 4 is 17.3 Å². The molecule has 3 aromatic rings. The number of aryl methyl sites for hydroxylation is 2. The predicted molar refractivity (Wildman–Crippen MR) is 102 cm³/mol. The van der Waals surface area contributed by atoms with E-state index in [1.807, 2.05) is 37.3 Å². The molecule has 2 heterocycles. The maximum Gasteiger partial charge on any atom is 0.256 e. The minimum atomic E-state index is -0.164. The summed E-state index contributed by atoms with van der Waals surface area (Å²) < 4.78 is 2.19. The SMILES string of the molecule is Cc1ccc(N)cc1C(=O)Nc1ccc(-c2nnc3n2CCCC3)cc1. The van der Waals surface area contributed by atoms with Crippen LogP contribution in [0, 0.1) is 6.92 Å². The summed E-state index contributed by atoms with van der Waals surface area (Å²) in [5.41, 5.74) is 9.58. The number of fused-ring (bicyclic) bond motifs is 1. The molecule has 4 rings (SSSR count). The molecule has 0 atom stereocenters. The molecule has 0 bridgehead atoms. The van der Waals surface area contributed by atoms with Gasteiger partial charge in [-0.15, -0.1) is 10.2 Å². The highest BCUT2D eigenvalue weighted by molar-refractivity contribution is 6.05. The maximum atomic E-state index is 12.5. The van der Waals surface area contributed by atoms with Crippen LogP contribution in [0.25, 0.3) is 11.4 Å². The minimum Gasteiger partial charge on any atom is -0.399 e. The molecule has 132 valence electrons. The lowest BCUT2D eigenvalue weighted by molar-refractivity contribution is 0.102. The van der Waals surface area contributed by atoms with Crippen molar-refractivity contribution in [3.63, 3.8) is 0 Å². The first-order valence-corrected chi connectivity index (χ1v) is 8.82. The number of nitrogens with one attached hydrogen (secondary N) is 1. The Kier molecular flexibility index (Phi) is 4.16. The zero-order valence-corrected chi connectivity index (χ0v) is 14.7. The molecule has 0 radical (unpaired) electrons. The number of carbonyl (C=O) groups excluding carboxylic acids is 1. The van der Waals surface area contributed by atoms with Gasteiger partial charge in [0.2, 0.25) is 0 Å². The molecular formula is C20H21N5O. The molecule has 6 nitrogen and oxygen atoms in total. The maximum absolute atomic E-state index is 12.5. The molecule has 26 heavy (non-hydrogen) atoms. The van der Waals surface area contributed by atoms with Gasteiger partial charge in [-0.05, 0) is 61.7 Å². The van der Waals surface area contributed by atoms with E-state index in [0.29, 0.717) is 11.3 Å². The molecule has 1 aliphatic rings. The Bertz CT molecular complexity index is 959. The topological polar surface area (TPSA) is 85.8 Å². The number of hydrogen-bond acceptors (Lipinski definition) is 4. The van der Waals surface area contributed by atoms with Gasteiger partial charge in [-0.2, -0.15) is 0 Å². The Labute approximate surface area is 152 Å². The van der Waals surface area contributed by atoms with Crippen LogP contribution in [0.5, 0.6) is 0 Å². The van der Waals surface area contributed by atoms with E-state index in [2.05, 4.69) is 20.1 Å². The van der Waals surface area contributed by atoms with Gasteiger partial charge in [0, 0.05) is 35.5 Å². The van der Waals surface area contributed by atoms with Gasteiger partial charge in [-0.1, -0.05) is 6.07 Å². The molecule has 6 heteroatoms. The van der Waals surface area contributed by atoms with Gasteiger partial charge >= 0.3 is 0 Å². The highest BCUT2D eigenvalue weighted by atomic mass is 16.1. The monoisotopic (exact) mass is 347 g/mol. The first-order chi connectivity index (χ1) is 12.6. The lowest BCUT2D eigenvalue weighted by atomic mass is 10.1. The average Bonchev–Trinajstić information content (AvgIpc) is 3.08. The van der Waals surface area contributed by atoms with Gasteiger partial charge in [0.05, 0.1) is 0 Å². The van der Waals surface area contributed by atoms with Crippen molar-refractivity contribution in [1.82, 2.24) is 14.8 Å². The Hall–Kier alpha value is -3.15. The van der Waals surface area contributed by atoms with Crippen LogP contribution in [0.1, 0.15) is 34.6 Å². The fourth-order valence-electron chi connectivity index (χ4n) is 3.31. The van der Waals surface area contributed by atoms with E-state index >= 15 is 0 Å². The summed E-state index contributed by atoms with van der Waals surface area (Å²) in [4.78, 5) is 12.5. The van der Waals surface area contributed by atoms with Crippen molar-refractivity contribution in [2.45, 2.75) is 32.7 Å². The molecule has 0 saturated carbocycles. The number of nitrogen functional groups attached to an aromatic ring is 1. The van der Waals surface area contributed by atoms with Gasteiger partial charge in [-0.25, -0.2) is 0 Å². The van der Waals surface area contributed by atoms with Crippen molar-refractivity contribution in [3.05, 3.63) is 59.4 Å². The largest absolute Gasteiger partial charge is 0.399 e. The van der Waals surface area contributed by atoms with E-state index in [-0.39, 0.29) is 5.91 Å². The van der Waals surface area contributed by atoms with Crippen LogP contribution in [0.2, 0.25) is 0 Å². The number of hydrogen-bond donors (Lipinski definition) is 2. The molecular weight excluding hydrogens is 326 g/mol. The summed E-state index contributed by atoms with van der Waals surface area (Å²) in [6.45, 7) is 2.86. The first kappa shape index (κ1) is 16.3. The molecule has 1 aliphatic heterocycles. The van der Waals surface area contributed by atoms with Crippen LogP contribution in [0.15, 0.2) is 42.5 Å². The third-order valence-electron chi connectivity index (χ3n) is 4.77. The van der Waals surface area contributed by atoms with E-state index in [0.717, 1.165) is 47.8 Å². The van der Waals surface area contributed by atoms with Crippen LogP contribution in [-0.4, -0.2) is 20.7 Å². The number of anilines is 2. The lowest BCUT2D eigenvalue weighted by Gasteiger charge is -2.15. The molecule has 1 amide bonds. The summed E-state index contributed by atoms with van der Waals surface area (Å²) in [5, 5.41) is 11.6. The van der Waals surface area contributed by atoms with Crippen LogP contribution < -0.4 is 11.1 Å². The third kappa shape index (κ3) is 3.06. The molecule has 0 aliphatic carbocycles. The van der Waals surface area contributed by atoms with Crippen molar-refractivity contribution < 1.29 is 4.79 Å². The fourth-order valence-corrected chi connectivity index (χ4v) is 3.31. The van der Waals surface area contributed by atoms with Gasteiger partial charge in [-0.3, -0.25) is 4.79 Å². The van der Waals surface area contributed by atoms with E-state index in [9.17, 15) is 4.79 Å². The van der Waals surface area contributed by atoms with Crippen LogP contribution >= 0.6 is 0 Å². The molecule has 0 spiro atoms. The number of nitrogens with zero attached hydrogens (tertiary/aromatic N) is 3. The second-order valence-corrected chi connectivity index (χ2v) is 6.65. The van der Waals surface area contributed by atoms with E-state index in [4.69, 9.17) is 5.73 Å². The third-order valence-corrected chi connectivity index (χ3v) is 4.77. The van der Waals surface area contributed by atoms with E-state index in [1.165, 1.54) is 6.42 Å². The van der Waals surface area contributed by atoms with E-state index in [1.54, 1.807) is 12.1 Å². The number of carbonyl (C=O) groups is 1. The van der Waals surface area contributed by atoms with Crippen molar-refractivity contribution in [2.24, 2.45) is 0 Å².